The van der Waals surface area contributed by atoms with Gasteiger partial charge in [-0.1, -0.05) is 44.2 Å². The second-order valence-electron chi connectivity index (χ2n) is 19.7. The van der Waals surface area contributed by atoms with E-state index in [1.54, 1.807) is 71.7 Å². The number of aromatic nitrogens is 7. The third-order valence-electron chi connectivity index (χ3n) is 13.6. The number of rotatable bonds is 11. The number of hydrogen-bond donors (Lipinski definition) is 8. The predicted octanol–water partition coefficient (Wildman–Crippen LogP) is 7.75. The van der Waals surface area contributed by atoms with E-state index in [4.69, 9.17) is 24.7 Å². The largest absolute Gasteiger partial charge is 0.481 e. The number of nitrogens with zero attached hydrogens (tertiary/aromatic N) is 7. The van der Waals surface area contributed by atoms with Crippen LogP contribution in [0.1, 0.15) is 126 Å². The number of benzene rings is 1. The van der Waals surface area contributed by atoms with Gasteiger partial charge in [0.15, 0.2) is 0 Å². The first-order chi connectivity index (χ1) is 39.9. The lowest BCUT2D eigenvalue weighted by atomic mass is 10.0. The van der Waals surface area contributed by atoms with E-state index in [0.29, 0.717) is 80.7 Å². The summed E-state index contributed by atoms with van der Waals surface area (Å²) in [7, 11) is 2.94. The molecule has 10 bridgehead atoms. The molecule has 6 amide bonds. The molecule has 8 heterocycles. The summed E-state index contributed by atoms with van der Waals surface area (Å²) in [5, 5.41) is 45.7. The molecule has 8 aromatic rings. The Hall–Kier alpha value is -7.64. The van der Waals surface area contributed by atoms with Crippen LogP contribution >= 0.6 is 68.0 Å². The van der Waals surface area contributed by atoms with E-state index < -0.39 is 78.1 Å². The van der Waals surface area contributed by atoms with Crippen LogP contribution in [0.2, 0.25) is 0 Å². The Morgan fingerprint density at radius 3 is 2.24 bits per heavy atom. The first-order valence-electron chi connectivity index (χ1n) is 25.9. The second kappa shape index (κ2) is 25.5. The molecular formula is C54H53N13O10S6. The van der Waals surface area contributed by atoms with Crippen LogP contribution in [0.15, 0.2) is 64.8 Å². The number of aliphatic hydroxyl groups excluding tert-OH is 1. The molecule has 1 unspecified atom stereocenters. The summed E-state index contributed by atoms with van der Waals surface area (Å²) in [5.41, 5.74) is 2.37. The number of carboxylic acid groups (broad SMARTS) is 1. The third kappa shape index (κ3) is 13.1. The van der Waals surface area contributed by atoms with Crippen LogP contribution in [-0.4, -0.2) is 107 Å². The van der Waals surface area contributed by atoms with Crippen LogP contribution in [0.4, 0.5) is 5.82 Å². The van der Waals surface area contributed by atoms with Crippen molar-refractivity contribution in [3.8, 4) is 42.5 Å². The van der Waals surface area contributed by atoms with Gasteiger partial charge in [0.1, 0.15) is 70.8 Å². The number of aryl methyl sites for hydroxylation is 1. The maximum absolute atomic E-state index is 14.3. The zero-order valence-electron chi connectivity index (χ0n) is 44.9. The van der Waals surface area contributed by atoms with Crippen molar-refractivity contribution < 1.29 is 48.5 Å². The molecule has 10 rings (SSSR count). The van der Waals surface area contributed by atoms with E-state index in [9.17, 15) is 43.8 Å². The average molecular weight is 1240 g/mol. The number of amides is 6. The van der Waals surface area contributed by atoms with Gasteiger partial charge in [-0.15, -0.1) is 68.0 Å². The number of carbonyl (C=O) groups is 7. The molecule has 83 heavy (non-hydrogen) atoms. The van der Waals surface area contributed by atoms with Gasteiger partial charge in [0.05, 0.1) is 58.7 Å². The van der Waals surface area contributed by atoms with E-state index in [1.807, 2.05) is 13.8 Å². The van der Waals surface area contributed by atoms with Crippen LogP contribution in [0, 0.1) is 24.7 Å². The molecule has 2 aliphatic rings. The topological polar surface area (TPSA) is 332 Å². The molecule has 0 saturated heterocycles. The summed E-state index contributed by atoms with van der Waals surface area (Å²) in [6.07, 6.45) is 1.23. The number of nitrogens with one attached hydrogen (secondary N) is 6. The van der Waals surface area contributed by atoms with Gasteiger partial charge in [-0.25, -0.2) is 34.9 Å². The fourth-order valence-corrected chi connectivity index (χ4v) is 14.9. The fraction of sp³-hybridized carbons (Fsp3) is 0.333. The van der Waals surface area contributed by atoms with Crippen molar-refractivity contribution in [1.29, 1.82) is 0 Å². The number of carboxylic acids is 1. The molecule has 430 valence electrons. The third-order valence-corrected chi connectivity index (χ3v) is 19.5. The van der Waals surface area contributed by atoms with Crippen molar-refractivity contribution in [2.75, 3.05) is 26.0 Å². The molecule has 8 N–H and O–H groups in total. The van der Waals surface area contributed by atoms with Gasteiger partial charge >= 0.3 is 5.97 Å². The molecule has 7 aromatic heterocycles. The number of thiazole rings is 6. The van der Waals surface area contributed by atoms with Crippen molar-refractivity contribution in [3.63, 3.8) is 0 Å². The van der Waals surface area contributed by atoms with Crippen LogP contribution in [0.25, 0.3) is 42.5 Å². The number of anilines is 1. The highest BCUT2D eigenvalue weighted by Gasteiger charge is 2.36. The van der Waals surface area contributed by atoms with Crippen LogP contribution in [-0.2, 0) is 30.5 Å². The van der Waals surface area contributed by atoms with Crippen LogP contribution in [0.3, 0.4) is 0 Å². The SMILES string of the molecule is CNC(=O)C[C@@H]1NC(=O)c2csc(n2)-c2ccc(-c3nc(NC(=O)C4CC[C@@H](C(=O)O)C4)cs3)nc2-c2cnc(s2)-c2csc(n2)[C@H]([C@@H](O)c2ccccc2)NC(=O)CNC(=O)c2nc(sc2COC)[C@H](C(C)C)NC(=O)c2nc1sc2C. The first-order valence-corrected chi connectivity index (χ1v) is 31.0. The molecule has 1 saturated carbocycles. The van der Waals surface area contributed by atoms with Crippen LogP contribution < -0.4 is 31.9 Å². The van der Waals surface area contributed by atoms with Crippen molar-refractivity contribution >= 4 is 115 Å². The molecule has 1 aliphatic carbocycles. The van der Waals surface area contributed by atoms with Gasteiger partial charge in [-0.3, -0.25) is 33.6 Å². The standard InChI is InChI=1S/C54H53N13O10S6/c1-23(2)38-53-67-41(34(83-53)19-77-5)46(73)56-18-37(69)64-42(43(70)25-9-7-6-8-10-25)52-61-32(21-79-52)49-57-17-33(82-49)40-28(13-14-29(58-40)50-63-35(22-80-50)62-44(71)26-11-12-27(15-26)54(75)76)48-60-31(20-78-48)45(72)59-30(16-36(68)55-4)51-66-39(24(3)81-51)47(74)65-38/h6-10,13-14,17,20-23,26-27,30,38,42-43,70H,11-12,15-16,18-19H2,1-5H3,(H,55,68)(H,56,73)(H,59,72)(H,62,71)(H,64,69)(H,65,74)(H,75,76)/t26?,27-,30+,38+,42+,43+/m1/s1. The molecule has 6 atom stereocenters. The Labute approximate surface area is 497 Å². The van der Waals surface area contributed by atoms with Gasteiger partial charge in [-0.2, -0.15) is 0 Å². The molecule has 1 aliphatic heterocycles. The zero-order valence-corrected chi connectivity index (χ0v) is 49.8. The maximum atomic E-state index is 14.3. The summed E-state index contributed by atoms with van der Waals surface area (Å²) >= 11 is 7.16. The number of aliphatic hydroxyl groups is 1. The average Bonchev–Trinajstić information content (AvgIpc) is 3.90. The smallest absolute Gasteiger partial charge is 0.306 e. The summed E-state index contributed by atoms with van der Waals surface area (Å²) < 4.78 is 5.45. The Kier molecular flexibility index (Phi) is 18.0. The quantitative estimate of drug-likeness (QED) is 0.0613. The molecule has 0 spiro atoms. The minimum absolute atomic E-state index is 0.000214. The van der Waals surface area contributed by atoms with E-state index in [-0.39, 0.29) is 59.2 Å². The number of aliphatic carboxylic acids is 1. The zero-order chi connectivity index (χ0) is 58.6. The van der Waals surface area contributed by atoms with Crippen molar-refractivity contribution in [3.05, 3.63) is 112 Å². The number of hydrogen-bond acceptors (Lipinski definition) is 22. The minimum Gasteiger partial charge on any atom is -0.481 e. The number of ether oxygens (including phenoxy) is 1. The number of fused-ring (bicyclic) bond motifs is 14. The van der Waals surface area contributed by atoms with E-state index >= 15 is 0 Å². The monoisotopic (exact) mass is 1240 g/mol. The van der Waals surface area contributed by atoms with E-state index in [2.05, 4.69) is 46.9 Å². The van der Waals surface area contributed by atoms with Gasteiger partial charge in [0, 0.05) is 52.9 Å². The summed E-state index contributed by atoms with van der Waals surface area (Å²) in [5.74, 6) is -5.14. The van der Waals surface area contributed by atoms with Gasteiger partial charge < -0.3 is 46.9 Å². The predicted molar refractivity (Wildman–Crippen MR) is 314 cm³/mol. The molecule has 1 fully saturated rings. The lowest BCUT2D eigenvalue weighted by Gasteiger charge is -2.23. The summed E-state index contributed by atoms with van der Waals surface area (Å²) in [4.78, 5) is 129. The minimum atomic E-state index is -1.28. The number of pyridine rings is 1. The van der Waals surface area contributed by atoms with E-state index in [1.165, 1.54) is 70.8 Å². The van der Waals surface area contributed by atoms with Crippen molar-refractivity contribution in [1.82, 2.24) is 61.5 Å². The molecule has 23 nitrogen and oxygen atoms in total. The fourth-order valence-electron chi connectivity index (χ4n) is 9.31. The van der Waals surface area contributed by atoms with Crippen LogP contribution in [0.5, 0.6) is 0 Å². The van der Waals surface area contributed by atoms with E-state index in [0.717, 1.165) is 11.3 Å². The Bertz CT molecular complexity index is 3760. The maximum Gasteiger partial charge on any atom is 0.306 e. The Morgan fingerprint density at radius 1 is 0.735 bits per heavy atom. The van der Waals surface area contributed by atoms with Gasteiger partial charge in [-0.05, 0) is 49.8 Å². The summed E-state index contributed by atoms with van der Waals surface area (Å²) in [6, 6.07) is 9.48. The Balaban J connectivity index is 1.04. The first kappa shape index (κ1) is 58.6. The molecule has 1 aromatic carbocycles. The second-order valence-corrected chi connectivity index (χ2v) is 25.7. The lowest BCUT2D eigenvalue weighted by molar-refractivity contribution is -0.141. The molecule has 0 radical (unpaired) electrons. The normalized spacial score (nSPS) is 19.0. The van der Waals surface area contributed by atoms with Gasteiger partial charge in [0.2, 0.25) is 17.7 Å². The summed E-state index contributed by atoms with van der Waals surface area (Å²) in [6.45, 7) is 4.95. The highest BCUT2D eigenvalue weighted by atomic mass is 32.1. The molecule has 29 heteroatoms. The van der Waals surface area contributed by atoms with Crippen molar-refractivity contribution in [2.24, 2.45) is 17.8 Å². The lowest BCUT2D eigenvalue weighted by Crippen LogP contribution is -2.40. The van der Waals surface area contributed by atoms with Gasteiger partial charge in [0.25, 0.3) is 17.7 Å². The van der Waals surface area contributed by atoms with Crippen molar-refractivity contribution in [2.45, 2.75) is 77.3 Å². The highest BCUT2D eigenvalue weighted by Crippen LogP contribution is 2.42. The highest BCUT2D eigenvalue weighted by molar-refractivity contribution is 7.19. The number of carbonyl (C=O) groups excluding carboxylic acids is 6. The molecular weight excluding hydrogens is 1180 g/mol. The number of methoxy groups -OCH3 is 1. The Morgan fingerprint density at radius 2 is 1.49 bits per heavy atom.